The van der Waals surface area contributed by atoms with Crippen molar-refractivity contribution in [2.24, 2.45) is 5.73 Å². The number of aryl methyl sites for hydroxylation is 1. The molecule has 1 atom stereocenters. The second-order valence-electron chi connectivity index (χ2n) is 6.41. The van der Waals surface area contributed by atoms with E-state index in [9.17, 15) is 4.79 Å². The van der Waals surface area contributed by atoms with Crippen molar-refractivity contribution in [3.8, 4) is 11.8 Å². The number of pyridine rings is 1. The van der Waals surface area contributed by atoms with Gasteiger partial charge in [0.15, 0.2) is 0 Å². The first-order valence-corrected chi connectivity index (χ1v) is 8.60. The Kier molecular flexibility index (Phi) is 4.96. The van der Waals surface area contributed by atoms with Crippen LogP contribution in [0.25, 0.3) is 0 Å². The molecule has 0 fully saturated rings. The van der Waals surface area contributed by atoms with Gasteiger partial charge in [0.25, 0.3) is 5.91 Å². The van der Waals surface area contributed by atoms with Crippen LogP contribution >= 0.6 is 11.6 Å². The summed E-state index contributed by atoms with van der Waals surface area (Å²) in [4.78, 5) is 15.8. The van der Waals surface area contributed by atoms with Gasteiger partial charge in [0.2, 0.25) is 0 Å². The van der Waals surface area contributed by atoms with Crippen LogP contribution in [0.2, 0.25) is 5.02 Å². The molecule has 0 radical (unpaired) electrons. The topological polar surface area (TPSA) is 68.0 Å². The van der Waals surface area contributed by atoms with Crippen LogP contribution in [0.1, 0.15) is 40.9 Å². The fraction of sp³-hybridized carbons (Fsp3) is 0.300. The highest BCUT2D eigenvalue weighted by atomic mass is 35.5. The highest BCUT2D eigenvalue weighted by Gasteiger charge is 2.33. The Bertz CT molecular complexity index is 869. The van der Waals surface area contributed by atoms with Gasteiger partial charge in [-0.2, -0.15) is 0 Å². The molecule has 0 saturated heterocycles. The first-order chi connectivity index (χ1) is 12.0. The molecule has 4 nitrogen and oxygen atoms in total. The lowest BCUT2D eigenvalue weighted by atomic mass is 9.72. The Labute approximate surface area is 152 Å². The fourth-order valence-corrected chi connectivity index (χ4v) is 3.39. The average molecular weight is 354 g/mol. The summed E-state index contributed by atoms with van der Waals surface area (Å²) in [6.45, 7) is 2.53. The molecule has 0 bridgehead atoms. The predicted molar refractivity (Wildman–Crippen MR) is 101 cm³/mol. The normalized spacial score (nSPS) is 19.0. The fourth-order valence-electron chi connectivity index (χ4n) is 3.19. The number of nitrogens with zero attached hydrogens (tertiary/aromatic N) is 1. The van der Waals surface area contributed by atoms with Crippen molar-refractivity contribution in [2.75, 3.05) is 11.9 Å². The van der Waals surface area contributed by atoms with E-state index in [1.807, 2.05) is 31.2 Å². The highest BCUT2D eigenvalue weighted by molar-refractivity contribution is 6.30. The summed E-state index contributed by atoms with van der Waals surface area (Å²) in [7, 11) is 0. The number of amides is 1. The van der Waals surface area contributed by atoms with E-state index in [0.717, 1.165) is 30.5 Å². The Morgan fingerprint density at radius 1 is 1.40 bits per heavy atom. The molecule has 1 aliphatic carbocycles. The quantitative estimate of drug-likeness (QED) is 0.806. The third-order valence-corrected chi connectivity index (χ3v) is 4.88. The second kappa shape index (κ2) is 7.16. The number of anilines is 1. The van der Waals surface area contributed by atoms with Crippen LogP contribution in [0, 0.1) is 18.8 Å². The number of carbonyl (C=O) groups excluding carboxylic acids is 1. The number of nitrogens with two attached hydrogens (primary N) is 1. The summed E-state index contributed by atoms with van der Waals surface area (Å²) in [5.41, 5.74) is 8.42. The van der Waals surface area contributed by atoms with Crippen LogP contribution in [0.5, 0.6) is 0 Å². The summed E-state index contributed by atoms with van der Waals surface area (Å²) >= 11 is 6.20. The van der Waals surface area contributed by atoms with Gasteiger partial charge in [-0.15, -0.1) is 11.8 Å². The molecule has 0 aliphatic heterocycles. The number of carbonyl (C=O) groups is 1. The third kappa shape index (κ3) is 3.78. The lowest BCUT2D eigenvalue weighted by Crippen LogP contribution is -2.36. The van der Waals surface area contributed by atoms with Gasteiger partial charge >= 0.3 is 0 Å². The predicted octanol–water partition coefficient (Wildman–Crippen LogP) is 3.68. The van der Waals surface area contributed by atoms with Crippen molar-refractivity contribution < 1.29 is 4.79 Å². The minimum absolute atomic E-state index is 0.151. The van der Waals surface area contributed by atoms with Crippen LogP contribution in [0.4, 0.5) is 5.69 Å². The van der Waals surface area contributed by atoms with Gasteiger partial charge in [-0.05, 0) is 37.1 Å². The minimum atomic E-state index is -0.491. The molecule has 5 heteroatoms. The molecule has 1 amide bonds. The number of halogens is 1. The maximum atomic E-state index is 11.7. The molecular weight excluding hydrogens is 334 g/mol. The number of primary amides is 1. The van der Waals surface area contributed by atoms with Crippen LogP contribution in [-0.2, 0) is 5.41 Å². The van der Waals surface area contributed by atoms with Gasteiger partial charge in [-0.25, -0.2) is 0 Å². The highest BCUT2D eigenvalue weighted by Crippen LogP contribution is 2.36. The maximum absolute atomic E-state index is 11.7. The van der Waals surface area contributed by atoms with Crippen LogP contribution < -0.4 is 11.1 Å². The van der Waals surface area contributed by atoms with E-state index in [-0.39, 0.29) is 5.41 Å². The monoisotopic (exact) mass is 353 g/mol. The standard InChI is InChI=1S/C20H20ClN3O/c1-14-10-18(17(12-23-14)19(22)25)24-13-20(8-3-2-4-9-20)15-6-5-7-16(21)11-15/h5-7,10-12H,3,8-9,13H2,1H3,(H2,22,25)(H,23,24). The summed E-state index contributed by atoms with van der Waals surface area (Å²) in [6.07, 6.45) is 4.04. The van der Waals surface area contributed by atoms with Crippen LogP contribution in [0.3, 0.4) is 0 Å². The molecule has 0 spiro atoms. The summed E-state index contributed by atoms with van der Waals surface area (Å²) in [5.74, 6) is 5.92. The van der Waals surface area contributed by atoms with Gasteiger partial charge in [0, 0.05) is 41.7 Å². The lowest BCUT2D eigenvalue weighted by molar-refractivity contribution is 0.100. The first kappa shape index (κ1) is 17.3. The Morgan fingerprint density at radius 3 is 2.92 bits per heavy atom. The van der Waals surface area contributed by atoms with E-state index >= 15 is 0 Å². The van der Waals surface area contributed by atoms with Crippen LogP contribution in [-0.4, -0.2) is 17.4 Å². The molecule has 1 aliphatic rings. The first-order valence-electron chi connectivity index (χ1n) is 8.22. The van der Waals surface area contributed by atoms with E-state index in [1.165, 1.54) is 6.20 Å². The van der Waals surface area contributed by atoms with Gasteiger partial charge in [-0.3, -0.25) is 9.78 Å². The summed E-state index contributed by atoms with van der Waals surface area (Å²) in [6, 6.07) is 9.78. The molecule has 25 heavy (non-hydrogen) atoms. The van der Waals surface area contributed by atoms with E-state index < -0.39 is 5.91 Å². The van der Waals surface area contributed by atoms with E-state index in [2.05, 4.69) is 28.2 Å². The Balaban J connectivity index is 1.92. The molecule has 1 unspecified atom stereocenters. The lowest BCUT2D eigenvalue weighted by Gasteiger charge is -2.35. The van der Waals surface area contributed by atoms with Crippen molar-refractivity contribution in [1.82, 2.24) is 4.98 Å². The molecule has 1 aromatic heterocycles. The average Bonchev–Trinajstić information content (AvgIpc) is 2.60. The zero-order valence-electron chi connectivity index (χ0n) is 14.1. The number of hydrogen-bond donors (Lipinski definition) is 2. The van der Waals surface area contributed by atoms with Crippen molar-refractivity contribution >= 4 is 23.2 Å². The zero-order chi connectivity index (χ0) is 17.9. The Morgan fingerprint density at radius 2 is 2.24 bits per heavy atom. The molecular formula is C20H20ClN3O. The summed E-state index contributed by atoms with van der Waals surface area (Å²) in [5, 5.41) is 4.13. The molecule has 128 valence electrons. The van der Waals surface area contributed by atoms with Gasteiger partial charge in [0.05, 0.1) is 11.3 Å². The molecule has 3 rings (SSSR count). The van der Waals surface area contributed by atoms with E-state index in [1.54, 1.807) is 0 Å². The van der Waals surface area contributed by atoms with E-state index in [4.69, 9.17) is 17.3 Å². The van der Waals surface area contributed by atoms with Gasteiger partial charge < -0.3 is 11.1 Å². The third-order valence-electron chi connectivity index (χ3n) is 4.64. The SMILES string of the molecule is Cc1cc(NCC2(c3cccc(Cl)c3)CC#CCC2)c(C(N)=O)cn1. The maximum Gasteiger partial charge on any atom is 0.252 e. The van der Waals surface area contributed by atoms with Gasteiger partial charge in [-0.1, -0.05) is 23.7 Å². The molecule has 0 saturated carbocycles. The Hall–Kier alpha value is -2.51. The molecule has 3 N–H and O–H groups in total. The number of hydrogen-bond acceptors (Lipinski definition) is 3. The summed E-state index contributed by atoms with van der Waals surface area (Å²) < 4.78 is 0. The number of aromatic nitrogens is 1. The van der Waals surface area contributed by atoms with Crippen molar-refractivity contribution in [1.29, 1.82) is 0 Å². The number of nitrogens with one attached hydrogen (secondary N) is 1. The van der Waals surface area contributed by atoms with Crippen molar-refractivity contribution in [2.45, 2.75) is 31.6 Å². The minimum Gasteiger partial charge on any atom is -0.383 e. The number of rotatable bonds is 5. The molecule has 1 aromatic carbocycles. The van der Waals surface area contributed by atoms with Crippen LogP contribution in [0.15, 0.2) is 36.5 Å². The van der Waals surface area contributed by atoms with Crippen molar-refractivity contribution in [3.05, 3.63) is 58.4 Å². The smallest absolute Gasteiger partial charge is 0.252 e. The molecule has 2 aromatic rings. The van der Waals surface area contributed by atoms with Gasteiger partial charge in [0.1, 0.15) is 0 Å². The molecule has 1 heterocycles. The zero-order valence-corrected chi connectivity index (χ0v) is 14.9. The number of benzene rings is 1. The second-order valence-corrected chi connectivity index (χ2v) is 6.85. The largest absolute Gasteiger partial charge is 0.383 e. The van der Waals surface area contributed by atoms with E-state index in [0.29, 0.717) is 22.8 Å². The van der Waals surface area contributed by atoms with Crippen molar-refractivity contribution in [3.63, 3.8) is 0 Å².